The van der Waals surface area contributed by atoms with Gasteiger partial charge in [-0.3, -0.25) is 14.9 Å². The first-order valence-electron chi connectivity index (χ1n) is 8.55. The number of likely N-dealkylation sites (N-methyl/N-ethyl adjacent to an activating group) is 1. The molecule has 2 amide bonds. The molecule has 2 aromatic rings. The predicted molar refractivity (Wildman–Crippen MR) is 96.3 cm³/mol. The van der Waals surface area contributed by atoms with Crippen molar-refractivity contribution in [3.8, 4) is 0 Å². The van der Waals surface area contributed by atoms with E-state index in [1.54, 1.807) is 0 Å². The predicted octanol–water partition coefficient (Wildman–Crippen LogP) is 3.82. The first kappa shape index (κ1) is 21.9. The molecule has 0 bridgehead atoms. The van der Waals surface area contributed by atoms with Crippen LogP contribution < -0.4 is 5.32 Å². The van der Waals surface area contributed by atoms with Crippen molar-refractivity contribution in [2.45, 2.75) is 24.7 Å². The zero-order valence-electron chi connectivity index (χ0n) is 15.3. The third-order valence-corrected chi connectivity index (χ3v) is 4.59. The van der Waals surface area contributed by atoms with E-state index >= 15 is 0 Å². The van der Waals surface area contributed by atoms with Crippen LogP contribution in [0.3, 0.4) is 0 Å². The Morgan fingerprint density at radius 1 is 1.27 bits per heavy atom. The fourth-order valence-electron chi connectivity index (χ4n) is 2.86. The van der Waals surface area contributed by atoms with E-state index in [2.05, 4.69) is 15.3 Å². The average Bonchev–Trinajstić information content (AvgIpc) is 3.37. The van der Waals surface area contributed by atoms with Crippen molar-refractivity contribution in [2.75, 3.05) is 18.9 Å². The Balaban J connectivity index is 1.80. The summed E-state index contributed by atoms with van der Waals surface area (Å²) in [7, 11) is 1.20. The van der Waals surface area contributed by atoms with Gasteiger partial charge in [0.2, 0.25) is 11.9 Å². The number of alkyl halides is 4. The van der Waals surface area contributed by atoms with Gasteiger partial charge in [-0.15, -0.1) is 0 Å². The van der Waals surface area contributed by atoms with Gasteiger partial charge >= 0.3 is 6.18 Å². The lowest BCUT2D eigenvalue weighted by Gasteiger charge is -2.20. The molecule has 1 fully saturated rings. The van der Waals surface area contributed by atoms with Gasteiger partial charge in [-0.05, 0) is 18.6 Å². The van der Waals surface area contributed by atoms with Crippen molar-refractivity contribution < 1.29 is 31.5 Å². The lowest BCUT2D eigenvalue weighted by atomic mass is 9.97. The molecular formula is C18H14ClF5N4O2. The van der Waals surface area contributed by atoms with E-state index in [4.69, 9.17) is 11.6 Å². The molecule has 12 heteroatoms. The molecule has 0 spiro atoms. The fourth-order valence-corrected chi connectivity index (χ4v) is 2.96. The summed E-state index contributed by atoms with van der Waals surface area (Å²) in [6.45, 7) is -0.531. The van der Waals surface area contributed by atoms with Gasteiger partial charge in [-0.1, -0.05) is 11.6 Å². The van der Waals surface area contributed by atoms with Gasteiger partial charge in [0, 0.05) is 24.1 Å². The number of carbonyl (C=O) groups is 2. The molecule has 1 saturated carbocycles. The van der Waals surface area contributed by atoms with Crippen molar-refractivity contribution in [3.63, 3.8) is 0 Å². The quantitative estimate of drug-likeness (QED) is 0.706. The average molecular weight is 449 g/mol. The number of carbonyl (C=O) groups excluding carboxylic acids is 2. The molecule has 30 heavy (non-hydrogen) atoms. The number of hydrogen-bond acceptors (Lipinski definition) is 4. The lowest BCUT2D eigenvalue weighted by Crippen LogP contribution is -2.36. The first-order valence-corrected chi connectivity index (χ1v) is 8.93. The summed E-state index contributed by atoms with van der Waals surface area (Å²) in [5.41, 5.74) is -2.63. The van der Waals surface area contributed by atoms with Crippen molar-refractivity contribution in [2.24, 2.45) is 0 Å². The molecule has 1 aromatic heterocycles. The number of hydrogen-bond donors (Lipinski definition) is 1. The molecule has 160 valence electrons. The van der Waals surface area contributed by atoms with E-state index in [-0.39, 0.29) is 17.4 Å². The van der Waals surface area contributed by atoms with Crippen LogP contribution in [0, 0.1) is 5.82 Å². The number of benzene rings is 1. The molecule has 0 saturated heterocycles. The maximum Gasteiger partial charge on any atom is 0.419 e. The van der Waals surface area contributed by atoms with Crippen LogP contribution in [0.1, 0.15) is 33.8 Å². The highest BCUT2D eigenvalue weighted by Crippen LogP contribution is 2.48. The minimum absolute atomic E-state index is 0.0789. The molecule has 3 rings (SSSR count). The Morgan fingerprint density at radius 2 is 1.87 bits per heavy atom. The van der Waals surface area contributed by atoms with Crippen LogP contribution in [0.25, 0.3) is 0 Å². The van der Waals surface area contributed by atoms with E-state index in [0.29, 0.717) is 6.07 Å². The first-order chi connectivity index (χ1) is 14.0. The highest BCUT2D eigenvalue weighted by molar-refractivity contribution is 6.30. The third kappa shape index (κ3) is 4.66. The van der Waals surface area contributed by atoms with E-state index < -0.39 is 59.1 Å². The standard InChI is InChI=1S/C18H14ClF5N4O2/c1-28(7-13(29)27-17-25-5-8(19)6-26-17)16(30)9-2-3-11(18(22,23)24)15(21)14(9)10-4-12(10)20/h2-3,5-6,10,12H,4,7H2,1H3,(H,25,26,27,29). The molecule has 2 atom stereocenters. The van der Waals surface area contributed by atoms with Crippen molar-refractivity contribution >= 4 is 29.4 Å². The van der Waals surface area contributed by atoms with Crippen LogP contribution in [0.5, 0.6) is 0 Å². The Labute approximate surface area is 172 Å². The molecule has 1 aliphatic carbocycles. The smallest absolute Gasteiger partial charge is 0.332 e. The molecule has 1 N–H and O–H groups in total. The molecule has 0 radical (unpaired) electrons. The zero-order chi connectivity index (χ0) is 22.2. The Morgan fingerprint density at radius 3 is 2.40 bits per heavy atom. The summed E-state index contributed by atoms with van der Waals surface area (Å²) in [4.78, 5) is 33.1. The second kappa shape index (κ2) is 8.13. The minimum Gasteiger partial charge on any atom is -0.332 e. The number of nitrogens with one attached hydrogen (secondary N) is 1. The van der Waals surface area contributed by atoms with E-state index in [1.165, 1.54) is 19.4 Å². The van der Waals surface area contributed by atoms with Crippen molar-refractivity contribution in [1.29, 1.82) is 0 Å². The summed E-state index contributed by atoms with van der Waals surface area (Å²) in [6.07, 6.45) is -4.24. The van der Waals surface area contributed by atoms with Crippen LogP contribution in [-0.2, 0) is 11.0 Å². The molecule has 1 aliphatic rings. The topological polar surface area (TPSA) is 75.2 Å². The van der Waals surface area contributed by atoms with Crippen LogP contribution in [0.4, 0.5) is 27.9 Å². The van der Waals surface area contributed by atoms with E-state index in [0.717, 1.165) is 11.0 Å². The second-order valence-corrected chi connectivity index (χ2v) is 7.12. The monoisotopic (exact) mass is 448 g/mol. The maximum absolute atomic E-state index is 14.5. The van der Waals surface area contributed by atoms with Crippen molar-refractivity contribution in [1.82, 2.24) is 14.9 Å². The van der Waals surface area contributed by atoms with Gasteiger partial charge in [-0.25, -0.2) is 18.7 Å². The van der Waals surface area contributed by atoms with Crippen LogP contribution >= 0.6 is 11.6 Å². The molecule has 1 aromatic carbocycles. The Bertz CT molecular complexity index is 984. The van der Waals surface area contributed by atoms with Gasteiger partial charge in [0.15, 0.2) is 0 Å². The van der Waals surface area contributed by atoms with Crippen LogP contribution in [0.15, 0.2) is 24.5 Å². The van der Waals surface area contributed by atoms with Crippen LogP contribution in [-0.4, -0.2) is 46.4 Å². The van der Waals surface area contributed by atoms with Gasteiger partial charge < -0.3 is 4.90 Å². The Hall–Kier alpha value is -2.82. The summed E-state index contributed by atoms with van der Waals surface area (Å²) in [6, 6.07) is 1.22. The second-order valence-electron chi connectivity index (χ2n) is 6.68. The number of amides is 2. The summed E-state index contributed by atoms with van der Waals surface area (Å²) < 4.78 is 67.1. The van der Waals surface area contributed by atoms with E-state index in [1.807, 2.05) is 0 Å². The highest BCUT2D eigenvalue weighted by atomic mass is 35.5. The summed E-state index contributed by atoms with van der Waals surface area (Å²) >= 11 is 5.63. The number of aromatic nitrogens is 2. The van der Waals surface area contributed by atoms with Crippen molar-refractivity contribution in [3.05, 3.63) is 52.1 Å². The van der Waals surface area contributed by atoms with Gasteiger partial charge in [0.05, 0.1) is 29.5 Å². The number of rotatable bonds is 5. The largest absolute Gasteiger partial charge is 0.419 e. The van der Waals surface area contributed by atoms with Crippen LogP contribution in [0.2, 0.25) is 5.02 Å². The van der Waals surface area contributed by atoms with E-state index in [9.17, 15) is 31.5 Å². The number of anilines is 1. The lowest BCUT2D eigenvalue weighted by molar-refractivity contribution is -0.140. The van der Waals surface area contributed by atoms with Gasteiger partial charge in [-0.2, -0.15) is 13.2 Å². The Kier molecular flexibility index (Phi) is 5.93. The van der Waals surface area contributed by atoms with Gasteiger partial charge in [0.1, 0.15) is 12.0 Å². The molecule has 6 nitrogen and oxygen atoms in total. The normalized spacial score (nSPS) is 18.1. The number of nitrogens with zero attached hydrogens (tertiary/aromatic N) is 3. The third-order valence-electron chi connectivity index (χ3n) is 4.40. The summed E-state index contributed by atoms with van der Waals surface area (Å²) in [5, 5.41) is 2.55. The molecular weight excluding hydrogens is 435 g/mol. The molecule has 1 heterocycles. The van der Waals surface area contributed by atoms with Gasteiger partial charge in [0.25, 0.3) is 5.91 Å². The zero-order valence-corrected chi connectivity index (χ0v) is 16.1. The molecule has 0 aliphatic heterocycles. The molecule has 2 unspecified atom stereocenters. The summed E-state index contributed by atoms with van der Waals surface area (Å²) in [5.74, 6) is -4.53. The SMILES string of the molecule is CN(CC(=O)Nc1ncc(Cl)cn1)C(=O)c1ccc(C(F)(F)F)c(F)c1C1CC1F. The minimum atomic E-state index is -4.99. The number of halogens is 6. The fraction of sp³-hybridized carbons (Fsp3) is 0.333. The maximum atomic E-state index is 14.5. The highest BCUT2D eigenvalue weighted by Gasteiger charge is 2.46.